The molecule has 23 heavy (non-hydrogen) atoms. The van der Waals surface area contributed by atoms with Gasteiger partial charge in [0.2, 0.25) is 0 Å². The molecule has 3 rings (SSSR count). The van der Waals surface area contributed by atoms with Crippen molar-refractivity contribution >= 4 is 17.8 Å². The predicted octanol–water partition coefficient (Wildman–Crippen LogP) is 2.17. The summed E-state index contributed by atoms with van der Waals surface area (Å²) in [5, 5.41) is 0. The summed E-state index contributed by atoms with van der Waals surface area (Å²) in [5.41, 5.74) is 1.03. The number of esters is 1. The van der Waals surface area contributed by atoms with E-state index in [1.54, 1.807) is 18.2 Å². The number of amides is 2. The first-order chi connectivity index (χ1) is 11.1. The molecule has 2 aromatic rings. The number of halogens is 1. The minimum Gasteiger partial charge on any atom is -0.459 e. The van der Waals surface area contributed by atoms with E-state index in [0.29, 0.717) is 5.56 Å². The van der Waals surface area contributed by atoms with Crippen molar-refractivity contribution in [2.45, 2.75) is 6.61 Å². The lowest BCUT2D eigenvalue weighted by molar-refractivity contribution is -0.145. The molecule has 0 saturated heterocycles. The summed E-state index contributed by atoms with van der Waals surface area (Å²) >= 11 is 0. The van der Waals surface area contributed by atoms with Gasteiger partial charge in [0.25, 0.3) is 11.8 Å². The number of ether oxygens (including phenoxy) is 1. The molecule has 116 valence electrons. The van der Waals surface area contributed by atoms with E-state index in [0.717, 1.165) is 4.90 Å². The van der Waals surface area contributed by atoms with Crippen molar-refractivity contribution in [3.8, 4) is 0 Å². The maximum atomic E-state index is 13.0. The molecule has 1 aliphatic rings. The third-order valence-electron chi connectivity index (χ3n) is 3.45. The third kappa shape index (κ3) is 2.96. The molecule has 0 atom stereocenters. The average Bonchev–Trinajstić information content (AvgIpc) is 2.79. The third-order valence-corrected chi connectivity index (χ3v) is 3.45. The number of imide groups is 1. The average molecular weight is 313 g/mol. The van der Waals surface area contributed by atoms with Crippen molar-refractivity contribution in [3.05, 3.63) is 71.0 Å². The zero-order valence-corrected chi connectivity index (χ0v) is 12.0. The number of hydrogen-bond donors (Lipinski definition) is 0. The lowest BCUT2D eigenvalue weighted by Gasteiger charge is -2.13. The van der Waals surface area contributed by atoms with E-state index in [9.17, 15) is 18.8 Å². The molecule has 0 N–H and O–H groups in total. The number of hydrogen-bond acceptors (Lipinski definition) is 4. The van der Waals surface area contributed by atoms with Crippen LogP contribution in [0.25, 0.3) is 0 Å². The van der Waals surface area contributed by atoms with Crippen LogP contribution in [0.2, 0.25) is 0 Å². The van der Waals surface area contributed by atoms with Gasteiger partial charge in [0, 0.05) is 0 Å². The molecule has 0 aliphatic carbocycles. The van der Waals surface area contributed by atoms with Crippen molar-refractivity contribution < 1.29 is 23.5 Å². The summed E-state index contributed by atoms with van der Waals surface area (Å²) in [4.78, 5) is 36.9. The van der Waals surface area contributed by atoms with E-state index < -0.39 is 30.1 Å². The quantitative estimate of drug-likeness (QED) is 0.641. The largest absolute Gasteiger partial charge is 0.459 e. The standard InChI is InChI=1S/C17H12FNO4/c18-12-5-3-4-11(8-12)10-23-15(20)9-19-16(21)13-6-1-2-7-14(13)17(19)22/h1-8H,9-10H2. The molecule has 0 aromatic heterocycles. The second-order valence-electron chi connectivity index (χ2n) is 5.03. The molecule has 1 heterocycles. The van der Waals surface area contributed by atoms with Crippen LogP contribution in [0.4, 0.5) is 4.39 Å². The van der Waals surface area contributed by atoms with Gasteiger partial charge in [-0.3, -0.25) is 19.3 Å². The maximum Gasteiger partial charge on any atom is 0.326 e. The van der Waals surface area contributed by atoms with Crippen LogP contribution in [0.3, 0.4) is 0 Å². The molecule has 0 radical (unpaired) electrons. The number of rotatable bonds is 4. The fourth-order valence-corrected chi connectivity index (χ4v) is 2.35. The zero-order chi connectivity index (χ0) is 16.4. The molecule has 2 amide bonds. The van der Waals surface area contributed by atoms with Crippen LogP contribution in [0.5, 0.6) is 0 Å². The van der Waals surface area contributed by atoms with Crippen molar-refractivity contribution in [2.24, 2.45) is 0 Å². The van der Waals surface area contributed by atoms with Gasteiger partial charge in [0.05, 0.1) is 11.1 Å². The van der Waals surface area contributed by atoms with Crippen LogP contribution in [-0.2, 0) is 16.1 Å². The summed E-state index contributed by atoms with van der Waals surface area (Å²) in [5.74, 6) is -2.20. The van der Waals surface area contributed by atoms with Crippen LogP contribution >= 0.6 is 0 Å². The van der Waals surface area contributed by atoms with Gasteiger partial charge in [-0.15, -0.1) is 0 Å². The first kappa shape index (κ1) is 14.9. The molecule has 0 fully saturated rings. The Morgan fingerprint density at radius 1 is 1.00 bits per heavy atom. The second kappa shape index (κ2) is 6.00. The summed E-state index contributed by atoms with van der Waals surface area (Å²) in [6, 6.07) is 12.0. The number of carbonyl (C=O) groups excluding carboxylic acids is 3. The van der Waals surface area contributed by atoms with E-state index in [-0.39, 0.29) is 17.7 Å². The van der Waals surface area contributed by atoms with E-state index in [1.807, 2.05) is 0 Å². The Hall–Kier alpha value is -3.02. The first-order valence-electron chi connectivity index (χ1n) is 6.91. The fourth-order valence-electron chi connectivity index (χ4n) is 2.35. The van der Waals surface area contributed by atoms with Crippen molar-refractivity contribution in [3.63, 3.8) is 0 Å². The molecule has 0 saturated carbocycles. The molecule has 2 aromatic carbocycles. The molecule has 5 nitrogen and oxygen atoms in total. The van der Waals surface area contributed by atoms with Crippen LogP contribution in [-0.4, -0.2) is 29.2 Å². The highest BCUT2D eigenvalue weighted by atomic mass is 19.1. The highest BCUT2D eigenvalue weighted by Crippen LogP contribution is 2.22. The molecular formula is C17H12FNO4. The van der Waals surface area contributed by atoms with E-state index >= 15 is 0 Å². The molecule has 0 bridgehead atoms. The number of nitrogens with zero attached hydrogens (tertiary/aromatic N) is 1. The van der Waals surface area contributed by atoms with Gasteiger partial charge < -0.3 is 4.74 Å². The Bertz CT molecular complexity index is 768. The van der Waals surface area contributed by atoms with Crippen LogP contribution in [0.1, 0.15) is 26.3 Å². The predicted molar refractivity (Wildman–Crippen MR) is 78.0 cm³/mol. The highest BCUT2D eigenvalue weighted by molar-refractivity contribution is 6.22. The Balaban J connectivity index is 1.63. The Kier molecular flexibility index (Phi) is 3.89. The lowest BCUT2D eigenvalue weighted by Crippen LogP contribution is -2.35. The highest BCUT2D eigenvalue weighted by Gasteiger charge is 2.36. The van der Waals surface area contributed by atoms with Crippen LogP contribution in [0, 0.1) is 5.82 Å². The van der Waals surface area contributed by atoms with Gasteiger partial charge in [0.1, 0.15) is 19.0 Å². The van der Waals surface area contributed by atoms with E-state index in [4.69, 9.17) is 4.74 Å². The van der Waals surface area contributed by atoms with Gasteiger partial charge in [-0.25, -0.2) is 4.39 Å². The molecule has 1 aliphatic heterocycles. The minimum atomic E-state index is -0.733. The Morgan fingerprint density at radius 2 is 1.65 bits per heavy atom. The van der Waals surface area contributed by atoms with Gasteiger partial charge in [0.15, 0.2) is 0 Å². The van der Waals surface area contributed by atoms with E-state index in [1.165, 1.54) is 30.3 Å². The number of fused-ring (bicyclic) bond motifs is 1. The van der Waals surface area contributed by atoms with Crippen LogP contribution < -0.4 is 0 Å². The van der Waals surface area contributed by atoms with E-state index in [2.05, 4.69) is 0 Å². The fraction of sp³-hybridized carbons (Fsp3) is 0.118. The monoisotopic (exact) mass is 313 g/mol. The molecule has 6 heteroatoms. The first-order valence-corrected chi connectivity index (χ1v) is 6.91. The summed E-state index contributed by atoms with van der Waals surface area (Å²) in [7, 11) is 0. The van der Waals surface area contributed by atoms with Crippen molar-refractivity contribution in [2.75, 3.05) is 6.54 Å². The SMILES string of the molecule is O=C(CN1C(=O)c2ccccc2C1=O)OCc1cccc(F)c1. The maximum absolute atomic E-state index is 13.0. The molecular weight excluding hydrogens is 301 g/mol. The van der Waals surface area contributed by atoms with Gasteiger partial charge in [-0.2, -0.15) is 0 Å². The summed E-state index contributed by atoms with van der Waals surface area (Å²) in [6.07, 6.45) is 0. The Morgan fingerprint density at radius 3 is 2.26 bits per heavy atom. The molecule has 0 unspecified atom stereocenters. The minimum absolute atomic E-state index is 0.125. The van der Waals surface area contributed by atoms with Gasteiger partial charge >= 0.3 is 5.97 Å². The second-order valence-corrected chi connectivity index (χ2v) is 5.03. The van der Waals surface area contributed by atoms with Gasteiger partial charge in [-0.1, -0.05) is 24.3 Å². The van der Waals surface area contributed by atoms with Crippen molar-refractivity contribution in [1.82, 2.24) is 4.90 Å². The van der Waals surface area contributed by atoms with Gasteiger partial charge in [-0.05, 0) is 29.8 Å². The number of carbonyl (C=O) groups is 3. The molecule has 0 spiro atoms. The van der Waals surface area contributed by atoms with Crippen molar-refractivity contribution in [1.29, 1.82) is 0 Å². The summed E-state index contributed by atoms with van der Waals surface area (Å²) < 4.78 is 18.0. The smallest absolute Gasteiger partial charge is 0.326 e. The number of benzene rings is 2. The zero-order valence-electron chi connectivity index (χ0n) is 12.0. The van der Waals surface area contributed by atoms with Crippen LogP contribution in [0.15, 0.2) is 48.5 Å². The summed E-state index contributed by atoms with van der Waals surface area (Å²) in [6.45, 7) is -0.596. The topological polar surface area (TPSA) is 63.7 Å². The normalized spacial score (nSPS) is 13.2. The Labute approximate surface area is 131 Å². The lowest BCUT2D eigenvalue weighted by atomic mass is 10.1.